The van der Waals surface area contributed by atoms with Gasteiger partial charge in [-0.05, 0) is 44.7 Å². The zero-order valence-electron chi connectivity index (χ0n) is 17.7. The monoisotopic (exact) mass is 394 g/mol. The van der Waals surface area contributed by atoms with Crippen molar-refractivity contribution < 1.29 is 28.5 Å². The maximum absolute atomic E-state index is 12.0. The molecule has 0 aliphatic rings. The predicted octanol–water partition coefficient (Wildman–Crippen LogP) is 4.02. The van der Waals surface area contributed by atoms with Gasteiger partial charge in [0, 0.05) is 13.5 Å². The summed E-state index contributed by atoms with van der Waals surface area (Å²) in [5.74, 6) is 0.328. The van der Waals surface area contributed by atoms with Crippen molar-refractivity contribution in [2.45, 2.75) is 53.1 Å². The van der Waals surface area contributed by atoms with E-state index in [0.29, 0.717) is 19.6 Å². The highest BCUT2D eigenvalue weighted by Crippen LogP contribution is 2.22. The molecule has 158 valence electrons. The molecule has 0 saturated carbocycles. The van der Waals surface area contributed by atoms with E-state index in [1.807, 2.05) is 58.0 Å². The molecule has 6 heteroatoms. The lowest BCUT2D eigenvalue weighted by Crippen LogP contribution is -2.28. The summed E-state index contributed by atoms with van der Waals surface area (Å²) >= 11 is 0. The summed E-state index contributed by atoms with van der Waals surface area (Å²) in [4.78, 5) is 23.9. The Kier molecular flexibility index (Phi) is 10.6. The second kappa shape index (κ2) is 12.4. The molecule has 1 aromatic carbocycles. The molecule has 0 aromatic heterocycles. The summed E-state index contributed by atoms with van der Waals surface area (Å²) in [7, 11) is 1.56. The lowest BCUT2D eigenvalue weighted by molar-refractivity contribution is -0.155. The van der Waals surface area contributed by atoms with Crippen LogP contribution < -0.4 is 4.74 Å². The van der Waals surface area contributed by atoms with Crippen LogP contribution in [0.15, 0.2) is 30.3 Å². The van der Waals surface area contributed by atoms with Gasteiger partial charge in [0.05, 0.1) is 12.0 Å². The number of hydrogen-bond acceptors (Lipinski definition) is 6. The molecule has 0 aliphatic heterocycles. The van der Waals surface area contributed by atoms with Crippen LogP contribution in [-0.4, -0.2) is 45.0 Å². The van der Waals surface area contributed by atoms with Gasteiger partial charge in [-0.3, -0.25) is 9.59 Å². The molecule has 0 spiro atoms. The number of carbonyl (C=O) groups is 2. The maximum Gasteiger partial charge on any atom is 0.311 e. The molecular weight excluding hydrogens is 360 g/mol. The highest BCUT2D eigenvalue weighted by molar-refractivity contribution is 5.75. The van der Waals surface area contributed by atoms with E-state index >= 15 is 0 Å². The SMILES string of the molecule is CCC(C)(C)C(=O)OCC(C)CCC(=O)OCC(COc1ccccc1)OC. The Bertz CT molecular complexity index is 584. The zero-order chi connectivity index (χ0) is 21.0. The molecular formula is C22H34O6. The first-order valence-electron chi connectivity index (χ1n) is 9.82. The van der Waals surface area contributed by atoms with Crippen LogP contribution in [0, 0.1) is 11.3 Å². The van der Waals surface area contributed by atoms with Gasteiger partial charge in [-0.25, -0.2) is 0 Å². The fraction of sp³-hybridized carbons (Fsp3) is 0.636. The van der Waals surface area contributed by atoms with Crippen LogP contribution in [0.3, 0.4) is 0 Å². The molecule has 6 nitrogen and oxygen atoms in total. The molecule has 0 N–H and O–H groups in total. The highest BCUT2D eigenvalue weighted by Gasteiger charge is 2.27. The molecule has 1 aromatic rings. The minimum absolute atomic E-state index is 0.0868. The Morgan fingerprint density at radius 2 is 1.71 bits per heavy atom. The van der Waals surface area contributed by atoms with Gasteiger partial charge in [0.1, 0.15) is 25.1 Å². The standard InChI is InChI=1S/C22H34O6/c1-6-22(3,4)21(24)28-14-17(2)12-13-20(23)27-16-19(25-5)15-26-18-10-8-7-9-11-18/h7-11,17,19H,6,12-16H2,1-5H3. The smallest absolute Gasteiger partial charge is 0.311 e. The number of rotatable bonds is 13. The first kappa shape index (κ1) is 24.0. The summed E-state index contributed by atoms with van der Waals surface area (Å²) in [6, 6.07) is 9.40. The van der Waals surface area contributed by atoms with Gasteiger partial charge in [-0.15, -0.1) is 0 Å². The Balaban J connectivity index is 2.23. The predicted molar refractivity (Wildman–Crippen MR) is 107 cm³/mol. The van der Waals surface area contributed by atoms with E-state index in [1.54, 1.807) is 7.11 Å². The molecule has 0 bridgehead atoms. The average Bonchev–Trinajstić information content (AvgIpc) is 2.71. The van der Waals surface area contributed by atoms with E-state index < -0.39 is 5.41 Å². The van der Waals surface area contributed by atoms with Crippen LogP contribution in [0.1, 0.15) is 47.0 Å². The van der Waals surface area contributed by atoms with Crippen molar-refractivity contribution in [3.63, 3.8) is 0 Å². The minimum Gasteiger partial charge on any atom is -0.491 e. The van der Waals surface area contributed by atoms with E-state index in [9.17, 15) is 9.59 Å². The van der Waals surface area contributed by atoms with Crippen molar-refractivity contribution in [1.29, 1.82) is 0 Å². The Labute approximate surface area is 168 Å². The normalized spacial score (nSPS) is 13.5. The summed E-state index contributed by atoms with van der Waals surface area (Å²) < 4.78 is 21.5. The van der Waals surface area contributed by atoms with Gasteiger partial charge < -0.3 is 18.9 Å². The number of carbonyl (C=O) groups excluding carboxylic acids is 2. The average molecular weight is 395 g/mol. The van der Waals surface area contributed by atoms with Crippen LogP contribution in [0.25, 0.3) is 0 Å². The van der Waals surface area contributed by atoms with Crippen molar-refractivity contribution in [2.75, 3.05) is 26.9 Å². The van der Waals surface area contributed by atoms with Crippen molar-refractivity contribution in [2.24, 2.45) is 11.3 Å². The van der Waals surface area contributed by atoms with Crippen molar-refractivity contribution >= 4 is 11.9 Å². The number of methoxy groups -OCH3 is 1. The summed E-state index contributed by atoms with van der Waals surface area (Å²) in [6.45, 7) is 8.38. The van der Waals surface area contributed by atoms with Gasteiger partial charge in [0.25, 0.3) is 0 Å². The van der Waals surface area contributed by atoms with Gasteiger partial charge >= 0.3 is 11.9 Å². The van der Waals surface area contributed by atoms with Gasteiger partial charge in [0.2, 0.25) is 0 Å². The number of para-hydroxylation sites is 1. The number of hydrogen-bond donors (Lipinski definition) is 0. The second-order valence-electron chi connectivity index (χ2n) is 7.64. The van der Waals surface area contributed by atoms with Gasteiger partial charge in [-0.1, -0.05) is 32.0 Å². The topological polar surface area (TPSA) is 71.1 Å². The first-order chi connectivity index (χ1) is 13.3. The lowest BCUT2D eigenvalue weighted by atomic mass is 9.90. The zero-order valence-corrected chi connectivity index (χ0v) is 17.7. The van der Waals surface area contributed by atoms with Crippen molar-refractivity contribution in [1.82, 2.24) is 0 Å². The quantitative estimate of drug-likeness (QED) is 0.471. The molecule has 2 atom stereocenters. The highest BCUT2D eigenvalue weighted by atomic mass is 16.6. The van der Waals surface area contributed by atoms with Gasteiger partial charge in [0.15, 0.2) is 0 Å². The Hall–Kier alpha value is -2.08. The molecule has 0 saturated heterocycles. The molecule has 0 fully saturated rings. The Morgan fingerprint density at radius 1 is 1.04 bits per heavy atom. The molecule has 0 amide bonds. The third-order valence-corrected chi connectivity index (χ3v) is 4.72. The van der Waals surface area contributed by atoms with Crippen LogP contribution in [-0.2, 0) is 23.8 Å². The van der Waals surface area contributed by atoms with Crippen LogP contribution in [0.2, 0.25) is 0 Å². The second-order valence-corrected chi connectivity index (χ2v) is 7.64. The van der Waals surface area contributed by atoms with Crippen LogP contribution in [0.5, 0.6) is 5.75 Å². The number of ether oxygens (including phenoxy) is 4. The molecule has 2 unspecified atom stereocenters. The minimum atomic E-state index is -0.477. The molecule has 0 aliphatic carbocycles. The molecule has 28 heavy (non-hydrogen) atoms. The lowest BCUT2D eigenvalue weighted by Gasteiger charge is -2.22. The summed E-state index contributed by atoms with van der Waals surface area (Å²) in [5, 5.41) is 0. The molecule has 0 radical (unpaired) electrons. The fourth-order valence-electron chi connectivity index (χ4n) is 2.15. The third kappa shape index (κ3) is 9.22. The molecule has 1 rings (SSSR count). The third-order valence-electron chi connectivity index (χ3n) is 4.72. The van der Waals surface area contributed by atoms with E-state index in [-0.39, 0.29) is 37.0 Å². The van der Waals surface area contributed by atoms with Crippen molar-refractivity contribution in [3.8, 4) is 5.75 Å². The summed E-state index contributed by atoms with van der Waals surface area (Å²) in [6.07, 6.45) is 1.25. The van der Waals surface area contributed by atoms with E-state index in [0.717, 1.165) is 12.2 Å². The van der Waals surface area contributed by atoms with E-state index in [2.05, 4.69) is 0 Å². The van der Waals surface area contributed by atoms with E-state index in [1.165, 1.54) is 0 Å². The van der Waals surface area contributed by atoms with Crippen LogP contribution >= 0.6 is 0 Å². The number of benzene rings is 1. The molecule has 0 heterocycles. The fourth-order valence-corrected chi connectivity index (χ4v) is 2.15. The van der Waals surface area contributed by atoms with Gasteiger partial charge in [-0.2, -0.15) is 0 Å². The van der Waals surface area contributed by atoms with E-state index in [4.69, 9.17) is 18.9 Å². The maximum atomic E-state index is 12.0. The van der Waals surface area contributed by atoms with Crippen LogP contribution in [0.4, 0.5) is 0 Å². The number of esters is 2. The Morgan fingerprint density at radius 3 is 2.32 bits per heavy atom. The largest absolute Gasteiger partial charge is 0.491 e. The summed E-state index contributed by atoms with van der Waals surface area (Å²) in [5.41, 5.74) is -0.477. The first-order valence-corrected chi connectivity index (χ1v) is 9.82. The van der Waals surface area contributed by atoms with Crippen molar-refractivity contribution in [3.05, 3.63) is 30.3 Å².